The summed E-state index contributed by atoms with van der Waals surface area (Å²) in [6, 6.07) is 10.4. The summed E-state index contributed by atoms with van der Waals surface area (Å²) in [5, 5.41) is -0.0516. The molecule has 0 aliphatic rings. The number of sulfonamides is 1. The molecular formula is C13H9ClF3NO3S. The Morgan fingerprint density at radius 1 is 1.00 bits per heavy atom. The molecule has 0 amide bonds. The van der Waals surface area contributed by atoms with Gasteiger partial charge in [-0.15, -0.1) is 13.2 Å². The van der Waals surface area contributed by atoms with E-state index in [9.17, 15) is 21.6 Å². The predicted octanol–water partition coefficient (Wildman–Crippen LogP) is 4.04. The van der Waals surface area contributed by atoms with Gasteiger partial charge in [-0.05, 0) is 24.3 Å². The minimum atomic E-state index is -4.94. The van der Waals surface area contributed by atoms with Crippen LogP contribution in [0, 0.1) is 0 Å². The number of rotatable bonds is 4. The zero-order valence-corrected chi connectivity index (χ0v) is 12.3. The monoisotopic (exact) mass is 351 g/mol. The first-order chi connectivity index (χ1) is 10.2. The zero-order chi connectivity index (χ0) is 16.4. The lowest BCUT2D eigenvalue weighted by molar-refractivity contribution is -0.274. The van der Waals surface area contributed by atoms with Crippen molar-refractivity contribution in [2.45, 2.75) is 11.3 Å². The van der Waals surface area contributed by atoms with Gasteiger partial charge >= 0.3 is 6.36 Å². The summed E-state index contributed by atoms with van der Waals surface area (Å²) in [4.78, 5) is -0.251. The summed E-state index contributed by atoms with van der Waals surface area (Å²) in [5.74, 6) is -0.661. The van der Waals surface area contributed by atoms with Crippen LogP contribution in [0.15, 0.2) is 53.4 Å². The summed E-state index contributed by atoms with van der Waals surface area (Å²) < 4.78 is 67.2. The number of hydrogen-bond acceptors (Lipinski definition) is 3. The van der Waals surface area contributed by atoms with Gasteiger partial charge in [-0.1, -0.05) is 35.9 Å². The smallest absolute Gasteiger partial charge is 0.404 e. The molecule has 0 aliphatic heterocycles. The van der Waals surface area contributed by atoms with Crippen molar-refractivity contribution in [1.29, 1.82) is 0 Å². The fraction of sp³-hybridized carbons (Fsp3) is 0.0769. The molecule has 2 aromatic carbocycles. The number of para-hydroxylation sites is 2. The first-order valence-electron chi connectivity index (χ1n) is 5.81. The third-order valence-electron chi connectivity index (χ3n) is 2.48. The number of nitrogens with one attached hydrogen (secondary N) is 1. The molecule has 0 saturated heterocycles. The largest absolute Gasteiger partial charge is 0.573 e. The lowest BCUT2D eigenvalue weighted by Crippen LogP contribution is -2.20. The number of hydrogen-bond donors (Lipinski definition) is 1. The second-order valence-corrected chi connectivity index (χ2v) is 6.14. The molecule has 118 valence electrons. The number of ether oxygens (including phenoxy) is 1. The standard InChI is InChI=1S/C13H9ClF3NO3S/c14-9-5-1-4-8-12(9)22(19,20)18-10-6-2-3-7-11(10)21-13(15,16)17/h1-8,18H. The second-order valence-electron chi connectivity index (χ2n) is 4.08. The van der Waals surface area contributed by atoms with Gasteiger partial charge in [0.05, 0.1) is 10.7 Å². The molecule has 0 radical (unpaired) electrons. The molecule has 0 saturated carbocycles. The van der Waals surface area contributed by atoms with Crippen LogP contribution in [-0.4, -0.2) is 14.8 Å². The number of alkyl halides is 3. The zero-order valence-electron chi connectivity index (χ0n) is 10.8. The van der Waals surface area contributed by atoms with Gasteiger partial charge in [-0.3, -0.25) is 4.72 Å². The van der Waals surface area contributed by atoms with Crippen molar-refractivity contribution in [2.75, 3.05) is 4.72 Å². The average Bonchev–Trinajstić information content (AvgIpc) is 2.39. The fourth-order valence-corrected chi connectivity index (χ4v) is 3.22. The summed E-state index contributed by atoms with van der Waals surface area (Å²) in [6.07, 6.45) is -4.94. The van der Waals surface area contributed by atoms with Crippen LogP contribution < -0.4 is 9.46 Å². The van der Waals surface area contributed by atoms with Gasteiger partial charge in [-0.25, -0.2) is 8.42 Å². The molecule has 0 unspecified atom stereocenters. The van der Waals surface area contributed by atoms with Gasteiger partial charge in [-0.2, -0.15) is 0 Å². The van der Waals surface area contributed by atoms with Gasteiger partial charge in [0.1, 0.15) is 4.90 Å². The first kappa shape index (κ1) is 16.4. The van der Waals surface area contributed by atoms with Gasteiger partial charge in [0.2, 0.25) is 0 Å². The Morgan fingerprint density at radius 2 is 1.59 bits per heavy atom. The second kappa shape index (κ2) is 6.05. The van der Waals surface area contributed by atoms with Gasteiger partial charge in [0.15, 0.2) is 5.75 Å². The van der Waals surface area contributed by atoms with E-state index >= 15 is 0 Å². The van der Waals surface area contributed by atoms with E-state index in [1.807, 2.05) is 4.72 Å². The molecule has 0 aliphatic carbocycles. The Bertz CT molecular complexity index is 778. The number of benzene rings is 2. The van der Waals surface area contributed by atoms with E-state index in [0.717, 1.165) is 12.1 Å². The summed E-state index contributed by atoms with van der Waals surface area (Å²) >= 11 is 5.79. The maximum absolute atomic E-state index is 12.3. The molecule has 4 nitrogen and oxygen atoms in total. The summed E-state index contributed by atoms with van der Waals surface area (Å²) in [6.45, 7) is 0. The van der Waals surface area contributed by atoms with E-state index in [0.29, 0.717) is 0 Å². The molecule has 0 spiro atoms. The van der Waals surface area contributed by atoms with E-state index in [-0.39, 0.29) is 15.6 Å². The van der Waals surface area contributed by atoms with E-state index in [2.05, 4.69) is 4.74 Å². The minimum absolute atomic E-state index is 0.0516. The van der Waals surface area contributed by atoms with Crippen LogP contribution >= 0.6 is 11.6 Å². The Morgan fingerprint density at radius 3 is 2.23 bits per heavy atom. The fourth-order valence-electron chi connectivity index (χ4n) is 1.63. The molecule has 2 aromatic rings. The maximum atomic E-state index is 12.3. The first-order valence-corrected chi connectivity index (χ1v) is 7.67. The van der Waals surface area contributed by atoms with Crippen LogP contribution in [0.2, 0.25) is 5.02 Å². The van der Waals surface area contributed by atoms with Gasteiger partial charge in [0.25, 0.3) is 10.0 Å². The number of anilines is 1. The Kier molecular flexibility index (Phi) is 4.52. The quantitative estimate of drug-likeness (QED) is 0.904. The van der Waals surface area contributed by atoms with Crippen molar-refractivity contribution < 1.29 is 26.3 Å². The maximum Gasteiger partial charge on any atom is 0.573 e. The highest BCUT2D eigenvalue weighted by molar-refractivity contribution is 7.92. The third kappa shape index (κ3) is 4.05. The number of halogens is 4. The molecule has 1 N–H and O–H groups in total. The highest BCUT2D eigenvalue weighted by Gasteiger charge is 2.32. The molecule has 0 heterocycles. The Balaban J connectivity index is 2.37. The Labute approximate surface area is 129 Å². The van der Waals surface area contributed by atoms with E-state index < -0.39 is 22.1 Å². The van der Waals surface area contributed by atoms with Crippen molar-refractivity contribution in [2.24, 2.45) is 0 Å². The molecule has 22 heavy (non-hydrogen) atoms. The van der Waals surface area contributed by atoms with Crippen molar-refractivity contribution in [1.82, 2.24) is 0 Å². The van der Waals surface area contributed by atoms with Crippen LogP contribution in [0.25, 0.3) is 0 Å². The minimum Gasteiger partial charge on any atom is -0.404 e. The molecule has 2 rings (SSSR count). The van der Waals surface area contributed by atoms with E-state index in [4.69, 9.17) is 11.6 Å². The van der Waals surface area contributed by atoms with Crippen molar-refractivity contribution >= 4 is 27.3 Å². The lowest BCUT2D eigenvalue weighted by atomic mass is 10.3. The highest BCUT2D eigenvalue weighted by atomic mass is 35.5. The summed E-state index contributed by atoms with van der Waals surface area (Å²) in [5.41, 5.74) is -0.347. The molecule has 0 atom stereocenters. The highest BCUT2D eigenvalue weighted by Crippen LogP contribution is 2.32. The van der Waals surface area contributed by atoms with Crippen LogP contribution in [0.1, 0.15) is 0 Å². The van der Waals surface area contributed by atoms with Crippen molar-refractivity contribution in [3.05, 3.63) is 53.6 Å². The van der Waals surface area contributed by atoms with E-state index in [1.54, 1.807) is 0 Å². The molecule has 0 bridgehead atoms. The van der Waals surface area contributed by atoms with Gasteiger partial charge < -0.3 is 4.74 Å². The predicted molar refractivity (Wildman–Crippen MR) is 75.4 cm³/mol. The molecule has 0 fully saturated rings. The normalized spacial score (nSPS) is 12.0. The third-order valence-corrected chi connectivity index (χ3v) is 4.35. The van der Waals surface area contributed by atoms with Crippen molar-refractivity contribution in [3.8, 4) is 5.75 Å². The Hall–Kier alpha value is -1.93. The van der Waals surface area contributed by atoms with Crippen LogP contribution in [0.4, 0.5) is 18.9 Å². The van der Waals surface area contributed by atoms with Crippen LogP contribution in [0.3, 0.4) is 0 Å². The van der Waals surface area contributed by atoms with Gasteiger partial charge in [0, 0.05) is 0 Å². The molecule has 9 heteroatoms. The van der Waals surface area contributed by atoms with Crippen LogP contribution in [-0.2, 0) is 10.0 Å². The van der Waals surface area contributed by atoms with Crippen molar-refractivity contribution in [3.63, 3.8) is 0 Å². The lowest BCUT2D eigenvalue weighted by Gasteiger charge is -2.15. The molecular weight excluding hydrogens is 343 g/mol. The van der Waals surface area contributed by atoms with Crippen LogP contribution in [0.5, 0.6) is 5.75 Å². The topological polar surface area (TPSA) is 55.4 Å². The van der Waals surface area contributed by atoms with E-state index in [1.165, 1.54) is 36.4 Å². The molecule has 0 aromatic heterocycles. The summed E-state index contributed by atoms with van der Waals surface area (Å²) in [7, 11) is -4.15. The average molecular weight is 352 g/mol. The SMILES string of the molecule is O=S(=O)(Nc1ccccc1OC(F)(F)F)c1ccccc1Cl.